The van der Waals surface area contributed by atoms with E-state index in [0.717, 1.165) is 6.07 Å². The van der Waals surface area contributed by atoms with Crippen LogP contribution in [0.25, 0.3) is 0 Å². The molecule has 1 heterocycles. The van der Waals surface area contributed by atoms with Crippen molar-refractivity contribution in [2.45, 2.75) is 18.6 Å². The van der Waals surface area contributed by atoms with E-state index in [1.54, 1.807) is 0 Å². The zero-order chi connectivity index (χ0) is 11.6. The number of thiophene rings is 1. The molecule has 0 saturated carbocycles. The fourth-order valence-electron chi connectivity index (χ4n) is 0.973. The fraction of sp³-hybridized carbons (Fsp3) is 0.375. The van der Waals surface area contributed by atoms with Crippen LogP contribution in [0.15, 0.2) is 11.4 Å². The molecule has 16 heavy (non-hydrogen) atoms. The summed E-state index contributed by atoms with van der Waals surface area (Å²) >= 11 is 0.537. The number of aliphatic carboxylic acids is 1. The number of nitrogens with two attached hydrogens (primary N) is 1. The first kappa shape index (κ1) is 15.2. The van der Waals surface area contributed by atoms with Crippen LogP contribution in [-0.4, -0.2) is 17.1 Å². The summed E-state index contributed by atoms with van der Waals surface area (Å²) in [4.78, 5) is 9.62. The molecule has 1 aromatic rings. The molecule has 0 aromatic carbocycles. The summed E-state index contributed by atoms with van der Waals surface area (Å²) in [5, 5.41) is 9.74. The van der Waals surface area contributed by atoms with Crippen LogP contribution in [0.4, 0.5) is 13.2 Å². The van der Waals surface area contributed by atoms with Crippen molar-refractivity contribution in [3.05, 3.63) is 21.9 Å². The van der Waals surface area contributed by atoms with Crippen molar-refractivity contribution in [2.24, 2.45) is 5.73 Å². The molecule has 0 aliphatic heterocycles. The second kappa shape index (κ2) is 5.51. The lowest BCUT2D eigenvalue weighted by molar-refractivity contribution is -0.138. The summed E-state index contributed by atoms with van der Waals surface area (Å²) in [5.74, 6) is -1.23. The van der Waals surface area contributed by atoms with E-state index >= 15 is 0 Å². The van der Waals surface area contributed by atoms with Gasteiger partial charge in [0.05, 0.1) is 0 Å². The quantitative estimate of drug-likeness (QED) is 0.888. The lowest BCUT2D eigenvalue weighted by Gasteiger charge is -2.03. The third-order valence-electron chi connectivity index (χ3n) is 1.71. The van der Waals surface area contributed by atoms with E-state index < -0.39 is 23.1 Å². The van der Waals surface area contributed by atoms with Crippen molar-refractivity contribution in [2.75, 3.05) is 0 Å². The predicted octanol–water partition coefficient (Wildman–Crippen LogP) is 2.14. The molecule has 3 N–H and O–H groups in total. The third-order valence-corrected chi connectivity index (χ3v) is 2.73. The van der Waals surface area contributed by atoms with Crippen molar-refractivity contribution in [1.29, 1.82) is 0 Å². The lowest BCUT2D eigenvalue weighted by atomic mass is 10.1. The van der Waals surface area contributed by atoms with E-state index in [-0.39, 0.29) is 18.8 Å². The molecule has 92 valence electrons. The van der Waals surface area contributed by atoms with E-state index in [2.05, 4.69) is 0 Å². The monoisotopic (exact) mass is 275 g/mol. The molecule has 0 aliphatic rings. The molecule has 0 aliphatic carbocycles. The van der Waals surface area contributed by atoms with Gasteiger partial charge in [0.25, 0.3) is 0 Å². The van der Waals surface area contributed by atoms with E-state index in [1.165, 1.54) is 5.38 Å². The van der Waals surface area contributed by atoms with Crippen LogP contribution < -0.4 is 5.73 Å². The van der Waals surface area contributed by atoms with Gasteiger partial charge >= 0.3 is 12.1 Å². The van der Waals surface area contributed by atoms with Crippen molar-refractivity contribution >= 4 is 29.7 Å². The van der Waals surface area contributed by atoms with Gasteiger partial charge in [0.15, 0.2) is 0 Å². The summed E-state index contributed by atoms with van der Waals surface area (Å²) in [5.41, 5.74) is 5.48. The maximum absolute atomic E-state index is 12.2. The maximum atomic E-state index is 12.2. The minimum Gasteiger partial charge on any atom is -0.480 e. The Kier molecular flexibility index (Phi) is 5.24. The van der Waals surface area contributed by atoms with Crippen LogP contribution in [0.5, 0.6) is 0 Å². The molecule has 1 rings (SSSR count). The van der Waals surface area contributed by atoms with Crippen molar-refractivity contribution in [3.8, 4) is 0 Å². The predicted molar refractivity (Wildman–Crippen MR) is 55.9 cm³/mol. The minimum atomic E-state index is -4.38. The summed E-state index contributed by atoms with van der Waals surface area (Å²) in [6.45, 7) is 0. The molecular weight excluding hydrogens is 267 g/mol. The highest BCUT2D eigenvalue weighted by molar-refractivity contribution is 7.10. The first-order valence-corrected chi connectivity index (χ1v) is 4.81. The van der Waals surface area contributed by atoms with Gasteiger partial charge in [-0.25, -0.2) is 0 Å². The summed E-state index contributed by atoms with van der Waals surface area (Å²) in [7, 11) is 0. The molecule has 1 unspecified atom stereocenters. The Bertz CT molecular complexity index is 366. The van der Waals surface area contributed by atoms with Gasteiger partial charge in [0.1, 0.15) is 10.9 Å². The van der Waals surface area contributed by atoms with Crippen LogP contribution in [0, 0.1) is 0 Å². The molecular formula is C8H9ClF3NO2S. The molecule has 0 bridgehead atoms. The Morgan fingerprint density at radius 3 is 2.50 bits per heavy atom. The van der Waals surface area contributed by atoms with Gasteiger partial charge in [-0.15, -0.1) is 23.7 Å². The molecule has 0 saturated heterocycles. The average molecular weight is 276 g/mol. The topological polar surface area (TPSA) is 63.3 Å². The summed E-state index contributed by atoms with van der Waals surface area (Å²) < 4.78 is 36.5. The molecule has 0 radical (unpaired) electrons. The Morgan fingerprint density at radius 2 is 2.12 bits per heavy atom. The minimum absolute atomic E-state index is 0. The first-order chi connectivity index (χ1) is 6.80. The van der Waals surface area contributed by atoms with Gasteiger partial charge in [-0.2, -0.15) is 13.2 Å². The van der Waals surface area contributed by atoms with Crippen LogP contribution in [0.1, 0.15) is 10.4 Å². The number of alkyl halides is 3. The summed E-state index contributed by atoms with van der Waals surface area (Å²) in [6.07, 6.45) is -4.47. The zero-order valence-electron chi connectivity index (χ0n) is 7.82. The van der Waals surface area contributed by atoms with Gasteiger partial charge in [-0.3, -0.25) is 4.79 Å². The van der Waals surface area contributed by atoms with Crippen LogP contribution >= 0.6 is 23.7 Å². The highest BCUT2D eigenvalue weighted by atomic mass is 35.5. The molecule has 8 heteroatoms. The van der Waals surface area contributed by atoms with Crippen LogP contribution in [0.3, 0.4) is 0 Å². The average Bonchev–Trinajstić information content (AvgIpc) is 2.51. The van der Waals surface area contributed by atoms with Gasteiger partial charge in [0.2, 0.25) is 0 Å². The van der Waals surface area contributed by atoms with Gasteiger partial charge < -0.3 is 10.8 Å². The lowest BCUT2D eigenvalue weighted by Crippen LogP contribution is -2.32. The van der Waals surface area contributed by atoms with Crippen molar-refractivity contribution in [1.82, 2.24) is 0 Å². The standard InChI is InChI=1S/C8H8F3NO2S.ClH/c9-8(10,11)6-2-4(3-15-6)1-5(12)7(13)14;/h2-3,5H,1,12H2,(H,13,14);1H. The van der Waals surface area contributed by atoms with E-state index in [4.69, 9.17) is 10.8 Å². The molecule has 3 nitrogen and oxygen atoms in total. The smallest absolute Gasteiger partial charge is 0.425 e. The first-order valence-electron chi connectivity index (χ1n) is 3.93. The zero-order valence-corrected chi connectivity index (χ0v) is 9.46. The van der Waals surface area contributed by atoms with E-state index in [1.807, 2.05) is 0 Å². The molecule has 0 amide bonds. The van der Waals surface area contributed by atoms with Gasteiger partial charge in [-0.05, 0) is 23.4 Å². The molecule has 1 atom stereocenters. The largest absolute Gasteiger partial charge is 0.480 e. The number of carbonyl (C=O) groups is 1. The second-order valence-corrected chi connectivity index (χ2v) is 3.88. The van der Waals surface area contributed by atoms with Crippen molar-refractivity contribution in [3.63, 3.8) is 0 Å². The molecule has 0 spiro atoms. The SMILES string of the molecule is Cl.NC(Cc1csc(C(F)(F)F)c1)C(=O)O. The highest BCUT2D eigenvalue weighted by Crippen LogP contribution is 2.34. The van der Waals surface area contributed by atoms with Gasteiger partial charge in [0, 0.05) is 0 Å². The van der Waals surface area contributed by atoms with Crippen LogP contribution in [-0.2, 0) is 17.4 Å². The number of carboxylic acid groups (broad SMARTS) is 1. The number of rotatable bonds is 3. The van der Waals surface area contributed by atoms with Crippen LogP contribution in [0.2, 0.25) is 0 Å². The number of hydrogen-bond donors (Lipinski definition) is 2. The normalized spacial score (nSPS) is 13.0. The maximum Gasteiger partial charge on any atom is 0.425 e. The second-order valence-electron chi connectivity index (χ2n) is 2.97. The Labute approximate surface area is 99.5 Å². The number of hydrogen-bond acceptors (Lipinski definition) is 3. The van der Waals surface area contributed by atoms with E-state index in [0.29, 0.717) is 16.9 Å². The molecule has 0 fully saturated rings. The molecule has 1 aromatic heterocycles. The Balaban J connectivity index is 0.00000225. The Morgan fingerprint density at radius 1 is 1.56 bits per heavy atom. The summed E-state index contributed by atoms with van der Waals surface area (Å²) in [6, 6.07) is -0.242. The fourth-order valence-corrected chi connectivity index (χ4v) is 1.77. The van der Waals surface area contributed by atoms with Gasteiger partial charge in [-0.1, -0.05) is 0 Å². The van der Waals surface area contributed by atoms with E-state index in [9.17, 15) is 18.0 Å². The third kappa shape index (κ3) is 3.99. The van der Waals surface area contributed by atoms with Crippen molar-refractivity contribution < 1.29 is 23.1 Å². The highest BCUT2D eigenvalue weighted by Gasteiger charge is 2.32. The Hall–Kier alpha value is -0.790. The number of halogens is 4. The number of carboxylic acids is 1.